The number of nitrogens with one attached hydrogen (secondary N) is 1. The van der Waals surface area contributed by atoms with Crippen molar-refractivity contribution in [3.63, 3.8) is 0 Å². The lowest BCUT2D eigenvalue weighted by molar-refractivity contribution is -0.146. The van der Waals surface area contributed by atoms with Crippen molar-refractivity contribution in [3.05, 3.63) is 47.2 Å². The van der Waals surface area contributed by atoms with Crippen molar-refractivity contribution >= 4 is 39.4 Å². The number of nitrogens with two attached hydrogens (primary N) is 1. The van der Waals surface area contributed by atoms with Gasteiger partial charge >= 0.3 is 5.97 Å². The molecule has 0 bridgehead atoms. The molecule has 0 radical (unpaired) electrons. The Morgan fingerprint density at radius 3 is 2.73 bits per heavy atom. The molecule has 0 saturated heterocycles. The number of thiazole rings is 1. The number of esters is 1. The van der Waals surface area contributed by atoms with Crippen LogP contribution >= 0.6 is 11.3 Å². The van der Waals surface area contributed by atoms with Gasteiger partial charge in [-0.2, -0.15) is 0 Å². The van der Waals surface area contributed by atoms with Crippen molar-refractivity contribution in [3.8, 4) is 0 Å². The van der Waals surface area contributed by atoms with E-state index in [0.717, 1.165) is 16.9 Å². The maximum Gasteiger partial charge on any atom is 0.303 e. The Balaban J connectivity index is 1.72. The largest absolute Gasteiger partial charge is 0.458 e. The van der Waals surface area contributed by atoms with Gasteiger partial charge < -0.3 is 15.8 Å². The molecule has 0 aliphatic rings. The molecule has 1 atom stereocenters. The van der Waals surface area contributed by atoms with Gasteiger partial charge in [0.1, 0.15) is 22.8 Å². The summed E-state index contributed by atoms with van der Waals surface area (Å²) in [7, 11) is 0. The molecule has 8 nitrogen and oxygen atoms in total. The number of amides is 1. The second-order valence-corrected chi connectivity index (χ2v) is 6.46. The highest BCUT2D eigenvalue weighted by atomic mass is 32.1. The average molecular weight is 371 g/mol. The van der Waals surface area contributed by atoms with E-state index in [1.807, 2.05) is 30.3 Å². The Hall–Kier alpha value is -3.07. The van der Waals surface area contributed by atoms with E-state index in [-0.39, 0.29) is 17.1 Å². The lowest BCUT2D eigenvalue weighted by Gasteiger charge is -2.17. The van der Waals surface area contributed by atoms with E-state index < -0.39 is 5.91 Å². The van der Waals surface area contributed by atoms with Crippen LogP contribution in [0.1, 0.15) is 34.8 Å². The molecule has 3 rings (SSSR count). The van der Waals surface area contributed by atoms with Gasteiger partial charge in [-0.1, -0.05) is 41.7 Å². The van der Waals surface area contributed by atoms with E-state index >= 15 is 0 Å². The molecule has 2 heterocycles. The van der Waals surface area contributed by atoms with Crippen LogP contribution in [0, 0.1) is 0 Å². The van der Waals surface area contributed by atoms with Crippen molar-refractivity contribution in [2.75, 3.05) is 11.9 Å². The molecule has 0 aliphatic heterocycles. The number of anilines is 1. The minimum Gasteiger partial charge on any atom is -0.458 e. The van der Waals surface area contributed by atoms with Crippen LogP contribution in [0.15, 0.2) is 36.7 Å². The van der Waals surface area contributed by atoms with Gasteiger partial charge in [0, 0.05) is 19.9 Å². The predicted octanol–water partition coefficient (Wildman–Crippen LogP) is 2.29. The molecule has 0 aliphatic carbocycles. The molecule has 3 aromatic rings. The van der Waals surface area contributed by atoms with Crippen LogP contribution in [0.4, 0.5) is 5.82 Å². The van der Waals surface area contributed by atoms with Crippen LogP contribution in [0.25, 0.3) is 10.3 Å². The molecule has 0 fully saturated rings. The summed E-state index contributed by atoms with van der Waals surface area (Å²) in [4.78, 5) is 35.7. The number of carbonyl (C=O) groups excluding carboxylic acids is 2. The smallest absolute Gasteiger partial charge is 0.303 e. The quantitative estimate of drug-likeness (QED) is 0.611. The summed E-state index contributed by atoms with van der Waals surface area (Å²) in [6, 6.07) is 9.52. The predicted molar refractivity (Wildman–Crippen MR) is 97.8 cm³/mol. The number of aromatic nitrogens is 3. The first-order valence-corrected chi connectivity index (χ1v) is 8.73. The van der Waals surface area contributed by atoms with Crippen molar-refractivity contribution in [1.82, 2.24) is 15.0 Å². The van der Waals surface area contributed by atoms with Gasteiger partial charge in [0.05, 0.1) is 0 Å². The van der Waals surface area contributed by atoms with Gasteiger partial charge in [0.2, 0.25) is 0 Å². The summed E-state index contributed by atoms with van der Waals surface area (Å²) < 4.78 is 5.41. The first-order chi connectivity index (χ1) is 12.5. The van der Waals surface area contributed by atoms with Gasteiger partial charge in [0.15, 0.2) is 10.8 Å². The van der Waals surface area contributed by atoms with Gasteiger partial charge in [0.25, 0.3) is 5.91 Å². The van der Waals surface area contributed by atoms with Crippen LogP contribution in [0.5, 0.6) is 0 Å². The van der Waals surface area contributed by atoms with E-state index in [1.165, 1.54) is 13.3 Å². The van der Waals surface area contributed by atoms with Gasteiger partial charge in [-0.05, 0) is 5.56 Å². The number of hydrogen-bond donors (Lipinski definition) is 2. The molecule has 1 amide bonds. The Morgan fingerprint density at radius 1 is 1.27 bits per heavy atom. The van der Waals surface area contributed by atoms with Crippen LogP contribution < -0.4 is 11.1 Å². The van der Waals surface area contributed by atoms with E-state index in [1.54, 1.807) is 0 Å². The number of benzene rings is 1. The fourth-order valence-electron chi connectivity index (χ4n) is 2.47. The van der Waals surface area contributed by atoms with Gasteiger partial charge in [-0.3, -0.25) is 9.59 Å². The molecule has 1 aromatic carbocycles. The average Bonchev–Trinajstić information content (AvgIpc) is 3.07. The lowest BCUT2D eigenvalue weighted by Crippen LogP contribution is -2.14. The maximum atomic E-state index is 11.4. The third kappa shape index (κ3) is 4.12. The van der Waals surface area contributed by atoms with Crippen molar-refractivity contribution < 1.29 is 14.3 Å². The second kappa shape index (κ2) is 7.87. The minimum atomic E-state index is -0.599. The first kappa shape index (κ1) is 17.7. The molecule has 9 heteroatoms. The number of carbonyl (C=O) groups is 2. The zero-order valence-electron chi connectivity index (χ0n) is 14.0. The zero-order valence-corrected chi connectivity index (χ0v) is 14.8. The molecular formula is C17H17N5O3S. The number of hydrogen-bond acceptors (Lipinski definition) is 8. The van der Waals surface area contributed by atoms with Crippen molar-refractivity contribution in [2.24, 2.45) is 5.73 Å². The van der Waals surface area contributed by atoms with E-state index in [4.69, 9.17) is 10.5 Å². The fourth-order valence-corrected chi connectivity index (χ4v) is 3.23. The number of nitrogens with zero attached hydrogens (tertiary/aromatic N) is 3. The van der Waals surface area contributed by atoms with Crippen LogP contribution in [0.3, 0.4) is 0 Å². The highest BCUT2D eigenvalue weighted by Crippen LogP contribution is 2.25. The molecule has 2 aromatic heterocycles. The standard InChI is InChI=1S/C17H17N5O3S/c1-10(23)25-12(11-5-3-2-4-6-11)7-8-19-15-13-16(21-9-20-15)26-17(22-13)14(18)24/h2-6,9,12H,7-8H2,1H3,(H2,18,24)(H,19,20,21). The molecule has 1 unspecified atom stereocenters. The number of ether oxygens (including phenoxy) is 1. The number of primary amides is 1. The summed E-state index contributed by atoms with van der Waals surface area (Å²) in [6.07, 6.45) is 1.58. The third-order valence-corrected chi connectivity index (χ3v) is 4.56. The van der Waals surface area contributed by atoms with Crippen molar-refractivity contribution in [2.45, 2.75) is 19.4 Å². The number of fused-ring (bicyclic) bond motifs is 1. The molecule has 26 heavy (non-hydrogen) atoms. The Labute approximate surface area is 153 Å². The van der Waals surface area contributed by atoms with Crippen molar-refractivity contribution in [1.29, 1.82) is 0 Å². The monoisotopic (exact) mass is 371 g/mol. The Morgan fingerprint density at radius 2 is 2.04 bits per heavy atom. The second-order valence-electron chi connectivity index (χ2n) is 5.48. The Kier molecular flexibility index (Phi) is 5.37. The third-order valence-electron chi connectivity index (χ3n) is 3.58. The normalized spacial score (nSPS) is 11.9. The molecule has 134 valence electrons. The summed E-state index contributed by atoms with van der Waals surface area (Å²) in [6.45, 7) is 1.88. The minimum absolute atomic E-state index is 0.186. The van der Waals surface area contributed by atoms with Gasteiger partial charge in [-0.15, -0.1) is 0 Å². The molecular weight excluding hydrogens is 354 g/mol. The number of rotatable bonds is 7. The highest BCUT2D eigenvalue weighted by molar-refractivity contribution is 7.19. The summed E-state index contributed by atoms with van der Waals surface area (Å²) in [5.74, 6) is -0.430. The van der Waals surface area contributed by atoms with Crippen LogP contribution in [-0.2, 0) is 9.53 Å². The highest BCUT2D eigenvalue weighted by Gasteiger charge is 2.16. The maximum absolute atomic E-state index is 11.4. The van der Waals surface area contributed by atoms with E-state index in [2.05, 4.69) is 20.3 Å². The van der Waals surface area contributed by atoms with Crippen LogP contribution in [0.2, 0.25) is 0 Å². The lowest BCUT2D eigenvalue weighted by atomic mass is 10.1. The topological polar surface area (TPSA) is 120 Å². The molecule has 0 spiro atoms. The fraction of sp³-hybridized carbons (Fsp3) is 0.235. The van der Waals surface area contributed by atoms with Crippen LogP contribution in [-0.4, -0.2) is 33.4 Å². The molecule has 3 N–H and O–H groups in total. The summed E-state index contributed by atoms with van der Waals surface area (Å²) >= 11 is 1.12. The van der Waals surface area contributed by atoms with E-state index in [9.17, 15) is 9.59 Å². The summed E-state index contributed by atoms with van der Waals surface area (Å²) in [5.41, 5.74) is 6.68. The van der Waals surface area contributed by atoms with Gasteiger partial charge in [-0.25, -0.2) is 15.0 Å². The zero-order chi connectivity index (χ0) is 18.5. The summed E-state index contributed by atoms with van der Waals surface area (Å²) in [5, 5.41) is 3.35. The van der Waals surface area contributed by atoms with E-state index in [0.29, 0.717) is 29.1 Å². The molecule has 0 saturated carbocycles. The SMILES string of the molecule is CC(=O)OC(CCNc1ncnc2sc(C(N)=O)nc12)c1ccccc1. The Bertz CT molecular complexity index is 929. The first-order valence-electron chi connectivity index (χ1n) is 7.92.